The van der Waals surface area contributed by atoms with Crippen LogP contribution < -0.4 is 5.32 Å². The lowest BCUT2D eigenvalue weighted by Crippen LogP contribution is -2.48. The van der Waals surface area contributed by atoms with Crippen molar-refractivity contribution in [2.24, 2.45) is 0 Å². The number of nitrogens with zero attached hydrogens (tertiary/aromatic N) is 1. The van der Waals surface area contributed by atoms with E-state index in [4.69, 9.17) is 4.74 Å². The van der Waals surface area contributed by atoms with Gasteiger partial charge in [-0.2, -0.15) is 11.8 Å². The van der Waals surface area contributed by atoms with Gasteiger partial charge in [0.1, 0.15) is 0 Å². The molecule has 19 heavy (non-hydrogen) atoms. The minimum atomic E-state index is 0.224. The Morgan fingerprint density at radius 3 is 2.95 bits per heavy atom. The van der Waals surface area contributed by atoms with Gasteiger partial charge in [0, 0.05) is 37.5 Å². The maximum Gasteiger partial charge on any atom is 0.0795 e. The first kappa shape index (κ1) is 14.2. The molecule has 2 unspecified atom stereocenters. The smallest absolute Gasteiger partial charge is 0.0795 e. The molecule has 3 rings (SSSR count). The molecule has 2 heterocycles. The van der Waals surface area contributed by atoms with Crippen molar-refractivity contribution < 1.29 is 4.74 Å². The molecule has 0 bridgehead atoms. The van der Waals surface area contributed by atoms with E-state index in [1.807, 2.05) is 0 Å². The third-order valence-corrected chi connectivity index (χ3v) is 6.08. The predicted octanol–water partition coefficient (Wildman–Crippen LogP) is 2.12. The molecule has 1 spiro atoms. The van der Waals surface area contributed by atoms with Gasteiger partial charge in [-0.05, 0) is 44.4 Å². The molecule has 1 aliphatic carbocycles. The molecule has 0 aromatic heterocycles. The molecule has 0 radical (unpaired) electrons. The Balaban J connectivity index is 1.39. The Bertz CT molecular complexity index is 290. The van der Waals surface area contributed by atoms with Gasteiger partial charge in [0.05, 0.1) is 5.60 Å². The largest absolute Gasteiger partial charge is 0.374 e. The molecule has 4 heteroatoms. The van der Waals surface area contributed by atoms with Crippen LogP contribution in [0.2, 0.25) is 0 Å². The van der Waals surface area contributed by atoms with Gasteiger partial charge in [-0.25, -0.2) is 0 Å². The van der Waals surface area contributed by atoms with Crippen molar-refractivity contribution in [1.29, 1.82) is 0 Å². The molecule has 110 valence electrons. The van der Waals surface area contributed by atoms with Crippen LogP contribution in [0, 0.1) is 0 Å². The molecule has 3 fully saturated rings. The molecule has 3 aliphatic rings. The van der Waals surface area contributed by atoms with E-state index >= 15 is 0 Å². The summed E-state index contributed by atoms with van der Waals surface area (Å²) in [4.78, 5) is 2.63. The van der Waals surface area contributed by atoms with E-state index in [1.54, 1.807) is 0 Å². The number of rotatable bonds is 6. The summed E-state index contributed by atoms with van der Waals surface area (Å²) in [6, 6.07) is 1.59. The van der Waals surface area contributed by atoms with Crippen molar-refractivity contribution in [3.63, 3.8) is 0 Å². The summed E-state index contributed by atoms with van der Waals surface area (Å²) in [5, 5.41) is 3.79. The molecule has 0 amide bonds. The standard InChI is InChI=1S/C15H28N2OS/c1-2-17(14-3-4-14)8-7-16-13-5-9-18-15(11-13)6-10-19-12-15/h13-14,16H,2-12H2,1H3. The van der Waals surface area contributed by atoms with E-state index in [-0.39, 0.29) is 5.60 Å². The van der Waals surface area contributed by atoms with Gasteiger partial charge in [0.25, 0.3) is 0 Å². The molecular weight excluding hydrogens is 256 g/mol. The predicted molar refractivity (Wildman–Crippen MR) is 81.9 cm³/mol. The topological polar surface area (TPSA) is 24.5 Å². The van der Waals surface area contributed by atoms with Gasteiger partial charge in [-0.1, -0.05) is 6.92 Å². The molecule has 2 atom stereocenters. The Morgan fingerprint density at radius 2 is 2.26 bits per heavy atom. The van der Waals surface area contributed by atoms with Gasteiger partial charge in [0.15, 0.2) is 0 Å². The number of ether oxygens (including phenoxy) is 1. The fraction of sp³-hybridized carbons (Fsp3) is 1.00. The van der Waals surface area contributed by atoms with Crippen LogP contribution in [-0.2, 0) is 4.74 Å². The normalized spacial score (nSPS) is 35.4. The van der Waals surface area contributed by atoms with Crippen LogP contribution in [0.25, 0.3) is 0 Å². The van der Waals surface area contributed by atoms with E-state index in [0.29, 0.717) is 6.04 Å². The van der Waals surface area contributed by atoms with Crippen molar-refractivity contribution in [2.75, 3.05) is 37.7 Å². The highest BCUT2D eigenvalue weighted by Gasteiger charge is 2.40. The van der Waals surface area contributed by atoms with Gasteiger partial charge < -0.3 is 10.1 Å². The minimum absolute atomic E-state index is 0.224. The van der Waals surface area contributed by atoms with E-state index in [9.17, 15) is 0 Å². The summed E-state index contributed by atoms with van der Waals surface area (Å²) >= 11 is 2.07. The van der Waals surface area contributed by atoms with Crippen molar-refractivity contribution in [3.8, 4) is 0 Å². The second-order valence-corrected chi connectivity index (χ2v) is 7.44. The average molecular weight is 284 g/mol. The SMILES string of the molecule is CCN(CCNC1CCOC2(CCSC2)C1)C1CC1. The first-order valence-electron chi connectivity index (χ1n) is 8.00. The third-order valence-electron chi connectivity index (χ3n) is 4.86. The van der Waals surface area contributed by atoms with E-state index in [1.165, 1.54) is 56.7 Å². The molecule has 3 nitrogen and oxygen atoms in total. The Kier molecular flexibility index (Phi) is 4.73. The summed E-state index contributed by atoms with van der Waals surface area (Å²) in [5.74, 6) is 2.51. The minimum Gasteiger partial charge on any atom is -0.374 e. The number of thioether (sulfide) groups is 1. The number of nitrogens with one attached hydrogen (secondary N) is 1. The van der Waals surface area contributed by atoms with E-state index in [2.05, 4.69) is 28.9 Å². The monoisotopic (exact) mass is 284 g/mol. The number of hydrogen-bond acceptors (Lipinski definition) is 4. The summed E-state index contributed by atoms with van der Waals surface area (Å²) in [6.45, 7) is 6.83. The van der Waals surface area contributed by atoms with Gasteiger partial charge in [0.2, 0.25) is 0 Å². The highest BCUT2D eigenvalue weighted by Crippen LogP contribution is 2.38. The van der Waals surface area contributed by atoms with Crippen LogP contribution in [0.4, 0.5) is 0 Å². The van der Waals surface area contributed by atoms with Crippen molar-refractivity contribution in [3.05, 3.63) is 0 Å². The van der Waals surface area contributed by atoms with E-state index < -0.39 is 0 Å². The van der Waals surface area contributed by atoms with Crippen LogP contribution in [0.5, 0.6) is 0 Å². The van der Waals surface area contributed by atoms with Crippen LogP contribution in [-0.4, -0.2) is 60.3 Å². The second-order valence-electron chi connectivity index (χ2n) is 6.34. The first-order valence-corrected chi connectivity index (χ1v) is 9.16. The maximum atomic E-state index is 6.08. The highest BCUT2D eigenvalue weighted by atomic mass is 32.2. The van der Waals surface area contributed by atoms with Crippen LogP contribution in [0.15, 0.2) is 0 Å². The Morgan fingerprint density at radius 1 is 1.37 bits per heavy atom. The van der Waals surface area contributed by atoms with Crippen LogP contribution >= 0.6 is 11.8 Å². The molecule has 0 aromatic rings. The Labute approximate surface area is 121 Å². The number of likely N-dealkylation sites (N-methyl/N-ethyl adjacent to an activating group) is 1. The van der Waals surface area contributed by atoms with Gasteiger partial charge >= 0.3 is 0 Å². The molecule has 1 saturated carbocycles. The molecule has 0 aromatic carbocycles. The second kappa shape index (κ2) is 6.33. The van der Waals surface area contributed by atoms with E-state index in [0.717, 1.165) is 19.2 Å². The zero-order chi connectivity index (χ0) is 13.1. The first-order chi connectivity index (χ1) is 9.31. The average Bonchev–Trinajstić information content (AvgIpc) is 3.18. The lowest BCUT2D eigenvalue weighted by atomic mass is 9.90. The zero-order valence-electron chi connectivity index (χ0n) is 12.2. The van der Waals surface area contributed by atoms with Gasteiger partial charge in [-0.15, -0.1) is 0 Å². The molecule has 2 saturated heterocycles. The highest BCUT2D eigenvalue weighted by molar-refractivity contribution is 7.99. The van der Waals surface area contributed by atoms with Crippen molar-refractivity contribution >= 4 is 11.8 Å². The molecular formula is C15H28N2OS. The maximum absolute atomic E-state index is 6.08. The third kappa shape index (κ3) is 3.66. The van der Waals surface area contributed by atoms with Crippen molar-refractivity contribution in [2.45, 2.75) is 56.7 Å². The summed E-state index contributed by atoms with van der Waals surface area (Å²) < 4.78 is 6.08. The van der Waals surface area contributed by atoms with Crippen LogP contribution in [0.1, 0.15) is 39.0 Å². The fourth-order valence-electron chi connectivity index (χ4n) is 3.52. The lowest BCUT2D eigenvalue weighted by Gasteiger charge is -2.38. The zero-order valence-corrected chi connectivity index (χ0v) is 13.0. The van der Waals surface area contributed by atoms with Gasteiger partial charge in [-0.3, -0.25) is 4.90 Å². The van der Waals surface area contributed by atoms with Crippen LogP contribution in [0.3, 0.4) is 0 Å². The summed E-state index contributed by atoms with van der Waals surface area (Å²) in [7, 11) is 0. The fourth-order valence-corrected chi connectivity index (χ4v) is 4.89. The summed E-state index contributed by atoms with van der Waals surface area (Å²) in [5.41, 5.74) is 0.224. The lowest BCUT2D eigenvalue weighted by molar-refractivity contribution is -0.0701. The quantitative estimate of drug-likeness (QED) is 0.807. The number of hydrogen-bond donors (Lipinski definition) is 1. The molecule has 2 aliphatic heterocycles. The Hall–Kier alpha value is 0.230. The van der Waals surface area contributed by atoms with Crippen molar-refractivity contribution in [1.82, 2.24) is 10.2 Å². The molecule has 1 N–H and O–H groups in total. The summed E-state index contributed by atoms with van der Waals surface area (Å²) in [6.07, 6.45) is 6.54.